The normalized spacial score (nSPS) is 14.0. The molecule has 0 atom stereocenters. The molecule has 1 aliphatic rings. The van der Waals surface area contributed by atoms with E-state index in [0.29, 0.717) is 55.5 Å². The highest BCUT2D eigenvalue weighted by molar-refractivity contribution is 6.30. The number of hydrogen-bond acceptors (Lipinski definition) is 5. The van der Waals surface area contributed by atoms with Gasteiger partial charge in [0.1, 0.15) is 5.69 Å². The molecule has 0 radical (unpaired) electrons. The zero-order valence-corrected chi connectivity index (χ0v) is 15.4. The third kappa shape index (κ3) is 4.96. The molecule has 1 N–H and O–H groups in total. The van der Waals surface area contributed by atoms with Crippen molar-refractivity contribution in [3.63, 3.8) is 0 Å². The van der Waals surface area contributed by atoms with Crippen LogP contribution in [0, 0.1) is 10.1 Å². The number of anilines is 1. The Morgan fingerprint density at radius 1 is 1.22 bits per heavy atom. The Balaban J connectivity index is 1.69. The van der Waals surface area contributed by atoms with Crippen LogP contribution in [0.1, 0.15) is 15.9 Å². The van der Waals surface area contributed by atoms with E-state index in [4.69, 9.17) is 16.3 Å². The van der Waals surface area contributed by atoms with Crippen molar-refractivity contribution in [1.29, 1.82) is 0 Å². The Morgan fingerprint density at radius 2 is 2.00 bits per heavy atom. The molecule has 142 valence electrons. The van der Waals surface area contributed by atoms with Gasteiger partial charge in [0.15, 0.2) is 0 Å². The molecule has 0 aliphatic carbocycles. The topological polar surface area (TPSA) is 84.7 Å². The summed E-state index contributed by atoms with van der Waals surface area (Å²) >= 11 is 5.97. The molecule has 8 heteroatoms. The third-order valence-corrected chi connectivity index (χ3v) is 4.59. The average molecular weight is 390 g/mol. The molecule has 0 saturated carbocycles. The lowest BCUT2D eigenvalue weighted by Crippen LogP contribution is -2.40. The standard InChI is InChI=1S/C19H20ClN3O4/c20-16-3-1-2-14(12-16)6-7-21-17-5-4-15(13-18(17)23(25)26)19(24)22-8-10-27-11-9-22/h1-5,12-13,21H,6-11H2. The summed E-state index contributed by atoms with van der Waals surface area (Å²) < 4.78 is 5.23. The second kappa shape index (κ2) is 8.83. The third-order valence-electron chi connectivity index (χ3n) is 4.36. The number of benzene rings is 2. The first-order valence-electron chi connectivity index (χ1n) is 8.68. The molecule has 1 fully saturated rings. The molecule has 0 aromatic heterocycles. The Kier molecular flexibility index (Phi) is 6.26. The second-order valence-electron chi connectivity index (χ2n) is 6.20. The first-order valence-corrected chi connectivity index (χ1v) is 9.06. The van der Waals surface area contributed by atoms with E-state index >= 15 is 0 Å². The maximum absolute atomic E-state index is 12.5. The van der Waals surface area contributed by atoms with Crippen molar-refractivity contribution in [2.45, 2.75) is 6.42 Å². The summed E-state index contributed by atoms with van der Waals surface area (Å²) in [6.45, 7) is 2.46. The number of nitro groups is 1. The van der Waals surface area contributed by atoms with Crippen LogP contribution in [0.4, 0.5) is 11.4 Å². The van der Waals surface area contributed by atoms with Crippen molar-refractivity contribution in [3.05, 3.63) is 68.7 Å². The molecule has 1 saturated heterocycles. The Morgan fingerprint density at radius 3 is 2.70 bits per heavy atom. The SMILES string of the molecule is O=C(c1ccc(NCCc2cccc(Cl)c2)c([N+](=O)[O-])c1)N1CCOCC1. The van der Waals surface area contributed by atoms with Crippen LogP contribution in [0.5, 0.6) is 0 Å². The molecular weight excluding hydrogens is 370 g/mol. The van der Waals surface area contributed by atoms with E-state index in [9.17, 15) is 14.9 Å². The highest BCUT2D eigenvalue weighted by Gasteiger charge is 2.22. The van der Waals surface area contributed by atoms with Crippen molar-refractivity contribution in [2.24, 2.45) is 0 Å². The van der Waals surface area contributed by atoms with E-state index < -0.39 is 4.92 Å². The highest BCUT2D eigenvalue weighted by Crippen LogP contribution is 2.26. The van der Waals surface area contributed by atoms with Crippen molar-refractivity contribution in [2.75, 3.05) is 38.2 Å². The smallest absolute Gasteiger partial charge is 0.293 e. The van der Waals surface area contributed by atoms with Gasteiger partial charge in [-0.3, -0.25) is 14.9 Å². The van der Waals surface area contributed by atoms with Crippen molar-refractivity contribution in [3.8, 4) is 0 Å². The number of nitrogens with zero attached hydrogens (tertiary/aromatic N) is 2. The minimum Gasteiger partial charge on any atom is -0.379 e. The molecule has 0 bridgehead atoms. The fraction of sp³-hybridized carbons (Fsp3) is 0.316. The number of nitrogens with one attached hydrogen (secondary N) is 1. The number of rotatable bonds is 6. The van der Waals surface area contributed by atoms with Gasteiger partial charge >= 0.3 is 0 Å². The lowest BCUT2D eigenvalue weighted by Gasteiger charge is -2.26. The average Bonchev–Trinajstić information content (AvgIpc) is 2.68. The quantitative estimate of drug-likeness (QED) is 0.604. The minimum atomic E-state index is -0.474. The molecule has 1 amide bonds. The monoisotopic (exact) mass is 389 g/mol. The number of ether oxygens (including phenoxy) is 1. The molecule has 0 spiro atoms. The zero-order valence-electron chi connectivity index (χ0n) is 14.7. The van der Waals surface area contributed by atoms with Gasteiger partial charge in [0.05, 0.1) is 18.1 Å². The van der Waals surface area contributed by atoms with Gasteiger partial charge in [-0.2, -0.15) is 0 Å². The van der Waals surface area contributed by atoms with Crippen LogP contribution < -0.4 is 5.32 Å². The first-order chi connectivity index (χ1) is 13.0. The molecule has 7 nitrogen and oxygen atoms in total. The molecule has 3 rings (SSSR count). The summed E-state index contributed by atoms with van der Waals surface area (Å²) in [6.07, 6.45) is 0.673. The first kappa shape index (κ1) is 19.1. The number of amides is 1. The second-order valence-corrected chi connectivity index (χ2v) is 6.64. The molecule has 1 heterocycles. The van der Waals surface area contributed by atoms with Gasteiger partial charge in [-0.05, 0) is 36.2 Å². The molecule has 2 aromatic rings. The summed E-state index contributed by atoms with van der Waals surface area (Å²) in [7, 11) is 0. The summed E-state index contributed by atoms with van der Waals surface area (Å²) in [5, 5.41) is 15.2. The van der Waals surface area contributed by atoms with E-state index in [2.05, 4.69) is 5.32 Å². The molecule has 2 aromatic carbocycles. The molecule has 0 unspecified atom stereocenters. The van der Waals surface area contributed by atoms with Gasteiger partial charge < -0.3 is 15.0 Å². The van der Waals surface area contributed by atoms with Gasteiger partial charge in [0, 0.05) is 36.3 Å². The van der Waals surface area contributed by atoms with Gasteiger partial charge in [-0.1, -0.05) is 23.7 Å². The van der Waals surface area contributed by atoms with Crippen LogP contribution in [-0.4, -0.2) is 48.6 Å². The predicted molar refractivity (Wildman–Crippen MR) is 103 cm³/mol. The van der Waals surface area contributed by atoms with Crippen LogP contribution in [0.25, 0.3) is 0 Å². The van der Waals surface area contributed by atoms with E-state index in [1.54, 1.807) is 23.1 Å². The number of morpholine rings is 1. The largest absolute Gasteiger partial charge is 0.379 e. The van der Waals surface area contributed by atoms with Crippen molar-refractivity contribution >= 4 is 28.9 Å². The van der Waals surface area contributed by atoms with E-state index in [1.165, 1.54) is 6.07 Å². The number of halogens is 1. The van der Waals surface area contributed by atoms with Crippen LogP contribution in [-0.2, 0) is 11.2 Å². The summed E-state index contributed by atoms with van der Waals surface area (Å²) in [4.78, 5) is 25.2. The summed E-state index contributed by atoms with van der Waals surface area (Å²) in [6, 6.07) is 12.0. The van der Waals surface area contributed by atoms with Gasteiger partial charge in [0.2, 0.25) is 0 Å². The Labute approximate surface area is 162 Å². The predicted octanol–water partition coefficient (Wildman–Crippen LogP) is 3.38. The Hall–Kier alpha value is -2.64. The maximum Gasteiger partial charge on any atom is 0.293 e. The summed E-state index contributed by atoms with van der Waals surface area (Å²) in [5.41, 5.74) is 1.63. The van der Waals surface area contributed by atoms with Crippen LogP contribution in [0.15, 0.2) is 42.5 Å². The number of hydrogen-bond donors (Lipinski definition) is 1. The van der Waals surface area contributed by atoms with E-state index in [0.717, 1.165) is 5.56 Å². The van der Waals surface area contributed by atoms with Crippen LogP contribution in [0.2, 0.25) is 5.02 Å². The number of carbonyl (C=O) groups is 1. The minimum absolute atomic E-state index is 0.111. The molecule has 1 aliphatic heterocycles. The number of nitro benzene ring substituents is 1. The molecular formula is C19H20ClN3O4. The molecule has 27 heavy (non-hydrogen) atoms. The van der Waals surface area contributed by atoms with Crippen LogP contribution in [0.3, 0.4) is 0 Å². The lowest BCUT2D eigenvalue weighted by molar-refractivity contribution is -0.384. The van der Waals surface area contributed by atoms with Crippen LogP contribution >= 0.6 is 11.6 Å². The van der Waals surface area contributed by atoms with Crippen molar-refractivity contribution in [1.82, 2.24) is 4.90 Å². The zero-order chi connectivity index (χ0) is 19.2. The maximum atomic E-state index is 12.5. The van der Waals surface area contributed by atoms with Gasteiger partial charge in [-0.25, -0.2) is 0 Å². The van der Waals surface area contributed by atoms with E-state index in [-0.39, 0.29) is 11.6 Å². The van der Waals surface area contributed by atoms with Gasteiger partial charge in [-0.15, -0.1) is 0 Å². The summed E-state index contributed by atoms with van der Waals surface area (Å²) in [5.74, 6) is -0.216. The fourth-order valence-electron chi connectivity index (χ4n) is 2.95. The van der Waals surface area contributed by atoms with Gasteiger partial charge in [0.25, 0.3) is 11.6 Å². The lowest BCUT2D eigenvalue weighted by atomic mass is 10.1. The highest BCUT2D eigenvalue weighted by atomic mass is 35.5. The van der Waals surface area contributed by atoms with E-state index in [1.807, 2.05) is 18.2 Å². The fourth-order valence-corrected chi connectivity index (χ4v) is 3.16. The van der Waals surface area contributed by atoms with Crippen molar-refractivity contribution < 1.29 is 14.5 Å². The Bertz CT molecular complexity index is 837. The number of carbonyl (C=O) groups excluding carboxylic acids is 1.